The zero-order valence-corrected chi connectivity index (χ0v) is 12.4. The molecule has 0 saturated carbocycles. The molecule has 1 aromatic heterocycles. The van der Waals surface area contributed by atoms with E-state index in [2.05, 4.69) is 9.62 Å². The van der Waals surface area contributed by atoms with Crippen LogP contribution in [0.15, 0.2) is 22.8 Å². The van der Waals surface area contributed by atoms with Crippen LogP contribution in [0.25, 0.3) is 0 Å². The van der Waals surface area contributed by atoms with Gasteiger partial charge in [0.05, 0.1) is 32.3 Å². The van der Waals surface area contributed by atoms with Gasteiger partial charge in [0.2, 0.25) is 10.0 Å². The van der Waals surface area contributed by atoms with Crippen LogP contribution in [0.2, 0.25) is 0 Å². The third-order valence-electron chi connectivity index (χ3n) is 4.24. The van der Waals surface area contributed by atoms with Crippen LogP contribution in [0.1, 0.15) is 5.76 Å². The summed E-state index contributed by atoms with van der Waals surface area (Å²) >= 11 is 0. The Morgan fingerprint density at radius 2 is 2.40 bits per heavy atom. The van der Waals surface area contributed by atoms with E-state index in [-0.39, 0.29) is 5.41 Å². The number of sulfonamides is 1. The van der Waals surface area contributed by atoms with Gasteiger partial charge in [0.25, 0.3) is 0 Å². The Hall–Kier alpha value is -0.890. The highest BCUT2D eigenvalue weighted by atomic mass is 32.2. The summed E-state index contributed by atoms with van der Waals surface area (Å²) in [6.07, 6.45) is 2.88. The molecule has 2 aliphatic rings. The summed E-state index contributed by atoms with van der Waals surface area (Å²) < 4.78 is 36.3. The molecule has 0 radical (unpaired) electrons. The first-order valence-electron chi connectivity index (χ1n) is 6.74. The van der Waals surface area contributed by atoms with Gasteiger partial charge in [-0.05, 0) is 12.1 Å². The summed E-state index contributed by atoms with van der Waals surface area (Å²) in [5, 5.41) is 0. The Kier molecular flexibility index (Phi) is 3.62. The predicted molar refractivity (Wildman–Crippen MR) is 73.6 cm³/mol. The molecule has 2 fully saturated rings. The SMILES string of the molecule is CS(=O)(=O)NC[C@]12COC[C@H]1CN(Cc1ccco1)C2. The summed E-state index contributed by atoms with van der Waals surface area (Å²) in [4.78, 5) is 2.32. The third-order valence-corrected chi connectivity index (χ3v) is 4.91. The molecule has 1 aromatic rings. The minimum atomic E-state index is -3.17. The van der Waals surface area contributed by atoms with Gasteiger partial charge in [-0.1, -0.05) is 0 Å². The predicted octanol–water partition coefficient (Wildman–Crippen LogP) is 0.277. The lowest BCUT2D eigenvalue weighted by atomic mass is 9.81. The first-order chi connectivity index (χ1) is 9.47. The maximum Gasteiger partial charge on any atom is 0.208 e. The Morgan fingerprint density at radius 1 is 1.55 bits per heavy atom. The quantitative estimate of drug-likeness (QED) is 0.845. The number of nitrogens with one attached hydrogen (secondary N) is 1. The fourth-order valence-corrected chi connectivity index (χ4v) is 3.76. The fraction of sp³-hybridized carbons (Fsp3) is 0.692. The summed E-state index contributed by atoms with van der Waals surface area (Å²) in [7, 11) is -3.17. The van der Waals surface area contributed by atoms with Crippen molar-refractivity contribution in [3.8, 4) is 0 Å². The number of fused-ring (bicyclic) bond motifs is 1. The zero-order chi connectivity index (χ0) is 14.2. The molecule has 7 heteroatoms. The highest BCUT2D eigenvalue weighted by molar-refractivity contribution is 7.88. The summed E-state index contributed by atoms with van der Waals surface area (Å²) in [6.45, 7) is 4.30. The molecule has 0 unspecified atom stereocenters. The minimum absolute atomic E-state index is 0.102. The number of furan rings is 1. The normalized spacial score (nSPS) is 30.8. The maximum atomic E-state index is 11.3. The molecule has 20 heavy (non-hydrogen) atoms. The van der Waals surface area contributed by atoms with Crippen molar-refractivity contribution in [1.82, 2.24) is 9.62 Å². The van der Waals surface area contributed by atoms with Crippen molar-refractivity contribution in [2.24, 2.45) is 11.3 Å². The van der Waals surface area contributed by atoms with Crippen molar-refractivity contribution in [2.75, 3.05) is 39.1 Å². The van der Waals surface area contributed by atoms with Crippen LogP contribution in [-0.2, 0) is 21.3 Å². The van der Waals surface area contributed by atoms with Crippen LogP contribution in [0.3, 0.4) is 0 Å². The maximum absolute atomic E-state index is 11.3. The number of likely N-dealkylation sites (tertiary alicyclic amines) is 1. The molecule has 6 nitrogen and oxygen atoms in total. The molecule has 0 aromatic carbocycles. The molecular weight excluding hydrogens is 280 g/mol. The van der Waals surface area contributed by atoms with E-state index in [0.717, 1.165) is 25.4 Å². The van der Waals surface area contributed by atoms with Gasteiger partial charge in [-0.15, -0.1) is 0 Å². The highest BCUT2D eigenvalue weighted by Crippen LogP contribution is 2.41. The van der Waals surface area contributed by atoms with Crippen molar-refractivity contribution in [3.63, 3.8) is 0 Å². The molecular formula is C13H20N2O4S. The molecule has 3 rings (SSSR count). The van der Waals surface area contributed by atoms with Gasteiger partial charge in [-0.3, -0.25) is 4.90 Å². The summed E-state index contributed by atoms with van der Waals surface area (Å²) in [6, 6.07) is 3.85. The van der Waals surface area contributed by atoms with Gasteiger partial charge in [-0.25, -0.2) is 13.1 Å². The molecule has 2 saturated heterocycles. The van der Waals surface area contributed by atoms with Gasteiger partial charge in [0.1, 0.15) is 5.76 Å². The van der Waals surface area contributed by atoms with Crippen LogP contribution < -0.4 is 4.72 Å². The number of hydrogen-bond acceptors (Lipinski definition) is 5. The molecule has 0 amide bonds. The standard InChI is InChI=1S/C13H20N2O4S/c1-20(16,17)14-8-13-9-15(5-11(13)7-18-10-13)6-12-3-2-4-19-12/h2-4,11,14H,5-10H2,1H3/t11-,13+/m1/s1. The second-order valence-electron chi connectivity index (χ2n) is 5.92. The van der Waals surface area contributed by atoms with E-state index < -0.39 is 10.0 Å². The number of ether oxygens (including phenoxy) is 1. The molecule has 112 valence electrons. The zero-order valence-electron chi connectivity index (χ0n) is 11.5. The average molecular weight is 300 g/mol. The van der Waals surface area contributed by atoms with Crippen molar-refractivity contribution in [1.29, 1.82) is 0 Å². The van der Waals surface area contributed by atoms with Gasteiger partial charge >= 0.3 is 0 Å². The number of rotatable bonds is 5. The largest absolute Gasteiger partial charge is 0.468 e. The van der Waals surface area contributed by atoms with E-state index in [1.54, 1.807) is 6.26 Å². The van der Waals surface area contributed by atoms with Crippen molar-refractivity contribution in [3.05, 3.63) is 24.2 Å². The molecule has 3 heterocycles. The van der Waals surface area contributed by atoms with E-state index in [0.29, 0.717) is 25.7 Å². The third kappa shape index (κ3) is 2.90. The van der Waals surface area contributed by atoms with Gasteiger partial charge in [0.15, 0.2) is 0 Å². The lowest BCUT2D eigenvalue weighted by Gasteiger charge is -2.27. The average Bonchev–Trinajstić information content (AvgIpc) is 3.01. The monoisotopic (exact) mass is 300 g/mol. The smallest absolute Gasteiger partial charge is 0.208 e. The van der Waals surface area contributed by atoms with Gasteiger partial charge in [0, 0.05) is 31.0 Å². The van der Waals surface area contributed by atoms with Crippen molar-refractivity contribution < 1.29 is 17.6 Å². The van der Waals surface area contributed by atoms with Crippen LogP contribution in [0, 0.1) is 11.3 Å². The molecule has 1 N–H and O–H groups in total. The van der Waals surface area contributed by atoms with Crippen molar-refractivity contribution in [2.45, 2.75) is 6.54 Å². The second-order valence-corrected chi connectivity index (χ2v) is 7.75. The number of nitrogens with zero attached hydrogens (tertiary/aromatic N) is 1. The van der Waals surface area contributed by atoms with E-state index >= 15 is 0 Å². The van der Waals surface area contributed by atoms with Crippen LogP contribution in [0.4, 0.5) is 0 Å². The first kappa shape index (κ1) is 14.1. The molecule has 2 aliphatic heterocycles. The van der Waals surface area contributed by atoms with E-state index in [1.165, 1.54) is 6.26 Å². The Labute approximate surface area is 119 Å². The van der Waals surface area contributed by atoms with E-state index in [1.807, 2.05) is 12.1 Å². The molecule has 0 aliphatic carbocycles. The molecule has 0 spiro atoms. The lowest BCUT2D eigenvalue weighted by Crippen LogP contribution is -2.42. The lowest BCUT2D eigenvalue weighted by molar-refractivity contribution is 0.126. The Bertz CT molecular complexity index is 557. The highest BCUT2D eigenvalue weighted by Gasteiger charge is 2.50. The van der Waals surface area contributed by atoms with Crippen LogP contribution >= 0.6 is 0 Å². The fourth-order valence-electron chi connectivity index (χ4n) is 3.21. The van der Waals surface area contributed by atoms with Crippen LogP contribution in [0.5, 0.6) is 0 Å². The Morgan fingerprint density at radius 3 is 3.10 bits per heavy atom. The van der Waals surface area contributed by atoms with Gasteiger partial charge < -0.3 is 9.15 Å². The molecule has 0 bridgehead atoms. The summed E-state index contributed by atoms with van der Waals surface area (Å²) in [5.41, 5.74) is -0.102. The second kappa shape index (κ2) is 5.14. The minimum Gasteiger partial charge on any atom is -0.468 e. The Balaban J connectivity index is 1.67. The summed E-state index contributed by atoms with van der Waals surface area (Å²) in [5.74, 6) is 1.32. The van der Waals surface area contributed by atoms with Crippen LogP contribution in [-0.4, -0.2) is 52.4 Å². The molecule has 2 atom stereocenters. The topological polar surface area (TPSA) is 71.8 Å². The number of hydrogen-bond donors (Lipinski definition) is 1. The van der Waals surface area contributed by atoms with Crippen molar-refractivity contribution >= 4 is 10.0 Å². The van der Waals surface area contributed by atoms with E-state index in [4.69, 9.17) is 9.15 Å². The first-order valence-corrected chi connectivity index (χ1v) is 8.63. The van der Waals surface area contributed by atoms with E-state index in [9.17, 15) is 8.42 Å². The van der Waals surface area contributed by atoms with Gasteiger partial charge in [-0.2, -0.15) is 0 Å².